The third-order valence-corrected chi connectivity index (χ3v) is 6.72. The standard InChI is InChI=1S/C27H26FNO4S/c1-16(2)15-33-21-6-4-5-19(13-21)24(30)22-23(26-17(3)11-12-34-26)29(27(32)25(22)31)14-18-7-9-20(28)10-8-18/h4-13,16,23,30H,14-15H2,1-3H3/b24-22-. The second-order valence-corrected chi connectivity index (χ2v) is 9.70. The van der Waals surface area contributed by atoms with Gasteiger partial charge in [0.2, 0.25) is 0 Å². The monoisotopic (exact) mass is 479 g/mol. The zero-order valence-electron chi connectivity index (χ0n) is 19.2. The lowest BCUT2D eigenvalue weighted by Crippen LogP contribution is -2.29. The van der Waals surface area contributed by atoms with E-state index in [-0.39, 0.29) is 23.7 Å². The molecule has 0 bridgehead atoms. The molecule has 1 aliphatic rings. The number of hydrogen-bond acceptors (Lipinski definition) is 5. The molecule has 34 heavy (non-hydrogen) atoms. The number of ketones is 1. The molecule has 1 aromatic heterocycles. The number of amides is 1. The van der Waals surface area contributed by atoms with Crippen molar-refractivity contribution in [2.24, 2.45) is 5.92 Å². The van der Waals surface area contributed by atoms with Crippen LogP contribution < -0.4 is 4.74 Å². The van der Waals surface area contributed by atoms with Crippen LogP contribution in [0.3, 0.4) is 0 Å². The molecule has 1 atom stereocenters. The number of hydrogen-bond donors (Lipinski definition) is 1. The molecule has 2 aromatic carbocycles. The number of aliphatic hydroxyl groups is 1. The molecule has 0 spiro atoms. The van der Waals surface area contributed by atoms with Crippen LogP contribution >= 0.6 is 11.3 Å². The van der Waals surface area contributed by atoms with Crippen molar-refractivity contribution in [3.05, 3.63) is 92.9 Å². The summed E-state index contributed by atoms with van der Waals surface area (Å²) in [5.41, 5.74) is 2.05. The van der Waals surface area contributed by atoms with Gasteiger partial charge in [0.05, 0.1) is 12.2 Å². The van der Waals surface area contributed by atoms with E-state index in [1.165, 1.54) is 28.4 Å². The quantitative estimate of drug-likeness (QED) is 0.262. The Morgan fingerprint density at radius 3 is 2.53 bits per heavy atom. The van der Waals surface area contributed by atoms with E-state index >= 15 is 0 Å². The molecular formula is C27H26FNO4S. The van der Waals surface area contributed by atoms with E-state index in [0.29, 0.717) is 29.4 Å². The molecule has 1 N–H and O–H groups in total. The highest BCUT2D eigenvalue weighted by Gasteiger charge is 2.47. The zero-order chi connectivity index (χ0) is 24.4. The van der Waals surface area contributed by atoms with Gasteiger partial charge in [-0.2, -0.15) is 0 Å². The van der Waals surface area contributed by atoms with Crippen LogP contribution in [0.2, 0.25) is 0 Å². The van der Waals surface area contributed by atoms with Gasteiger partial charge in [0.25, 0.3) is 11.7 Å². The summed E-state index contributed by atoms with van der Waals surface area (Å²) < 4.78 is 19.2. The number of Topliss-reactive ketones (excluding diaryl/α,β-unsaturated/α-hetero) is 1. The molecule has 0 radical (unpaired) electrons. The maximum Gasteiger partial charge on any atom is 0.295 e. The minimum absolute atomic E-state index is 0.0404. The fourth-order valence-corrected chi connectivity index (χ4v) is 4.97. The predicted octanol–water partition coefficient (Wildman–Crippen LogP) is 5.85. The Morgan fingerprint density at radius 1 is 1.15 bits per heavy atom. The van der Waals surface area contributed by atoms with E-state index in [2.05, 4.69) is 0 Å². The van der Waals surface area contributed by atoms with Gasteiger partial charge in [0.15, 0.2) is 0 Å². The summed E-state index contributed by atoms with van der Waals surface area (Å²) >= 11 is 1.42. The van der Waals surface area contributed by atoms with Crippen LogP contribution in [0.15, 0.2) is 65.6 Å². The average molecular weight is 480 g/mol. The normalized spacial score (nSPS) is 17.6. The van der Waals surface area contributed by atoms with E-state index in [4.69, 9.17) is 4.74 Å². The lowest BCUT2D eigenvalue weighted by Gasteiger charge is -2.25. The fraction of sp³-hybridized carbons (Fsp3) is 0.259. The molecule has 1 saturated heterocycles. The van der Waals surface area contributed by atoms with Gasteiger partial charge in [-0.05, 0) is 59.7 Å². The van der Waals surface area contributed by atoms with E-state index < -0.39 is 17.7 Å². The number of nitrogens with zero attached hydrogens (tertiary/aromatic N) is 1. The van der Waals surface area contributed by atoms with Crippen LogP contribution in [0.25, 0.3) is 5.76 Å². The predicted molar refractivity (Wildman–Crippen MR) is 130 cm³/mol. The lowest BCUT2D eigenvalue weighted by atomic mass is 9.98. The minimum Gasteiger partial charge on any atom is -0.507 e. The highest BCUT2D eigenvalue weighted by molar-refractivity contribution is 7.10. The number of aliphatic hydroxyl groups excluding tert-OH is 1. The van der Waals surface area contributed by atoms with Crippen LogP contribution in [0.1, 0.15) is 41.5 Å². The Bertz CT molecular complexity index is 1250. The third-order valence-electron chi connectivity index (χ3n) is 5.65. The summed E-state index contributed by atoms with van der Waals surface area (Å²) in [4.78, 5) is 28.6. The van der Waals surface area contributed by atoms with Gasteiger partial charge in [-0.3, -0.25) is 9.59 Å². The molecule has 1 aliphatic heterocycles. The first-order valence-electron chi connectivity index (χ1n) is 11.1. The van der Waals surface area contributed by atoms with Gasteiger partial charge in [0, 0.05) is 17.0 Å². The van der Waals surface area contributed by atoms with Crippen molar-refractivity contribution in [3.63, 3.8) is 0 Å². The number of thiophene rings is 1. The molecule has 176 valence electrons. The van der Waals surface area contributed by atoms with E-state index in [1.54, 1.807) is 36.4 Å². The first-order valence-corrected chi connectivity index (χ1v) is 11.9. The van der Waals surface area contributed by atoms with Crippen LogP contribution in [0.5, 0.6) is 5.75 Å². The molecular weight excluding hydrogens is 453 g/mol. The van der Waals surface area contributed by atoms with Crippen molar-refractivity contribution in [1.29, 1.82) is 0 Å². The zero-order valence-corrected chi connectivity index (χ0v) is 20.1. The van der Waals surface area contributed by atoms with Crippen molar-refractivity contribution < 1.29 is 23.8 Å². The highest BCUT2D eigenvalue weighted by Crippen LogP contribution is 2.43. The molecule has 7 heteroatoms. The Morgan fingerprint density at radius 2 is 1.88 bits per heavy atom. The van der Waals surface area contributed by atoms with Crippen molar-refractivity contribution in [2.45, 2.75) is 33.4 Å². The van der Waals surface area contributed by atoms with Crippen molar-refractivity contribution in [3.8, 4) is 5.75 Å². The summed E-state index contributed by atoms with van der Waals surface area (Å²) in [5.74, 6) is -1.16. The molecule has 2 heterocycles. The minimum atomic E-state index is -0.745. The molecule has 1 amide bonds. The summed E-state index contributed by atoms with van der Waals surface area (Å²) in [7, 11) is 0. The van der Waals surface area contributed by atoms with Gasteiger partial charge in [-0.15, -0.1) is 11.3 Å². The first kappa shape index (κ1) is 23.7. The van der Waals surface area contributed by atoms with Gasteiger partial charge < -0.3 is 14.7 Å². The lowest BCUT2D eigenvalue weighted by molar-refractivity contribution is -0.140. The number of carbonyl (C=O) groups excluding carboxylic acids is 2. The van der Waals surface area contributed by atoms with E-state index in [0.717, 1.165) is 10.4 Å². The molecule has 3 aromatic rings. The van der Waals surface area contributed by atoms with Crippen molar-refractivity contribution >= 4 is 28.8 Å². The smallest absolute Gasteiger partial charge is 0.295 e. The summed E-state index contributed by atoms with van der Waals surface area (Å²) in [6.45, 7) is 6.61. The molecule has 4 rings (SSSR count). The number of aryl methyl sites for hydroxylation is 1. The number of ether oxygens (including phenoxy) is 1. The third kappa shape index (κ3) is 4.75. The van der Waals surface area contributed by atoms with E-state index in [1.807, 2.05) is 32.2 Å². The van der Waals surface area contributed by atoms with Crippen LogP contribution in [0.4, 0.5) is 4.39 Å². The molecule has 5 nitrogen and oxygen atoms in total. The van der Waals surface area contributed by atoms with Crippen LogP contribution in [0, 0.1) is 18.7 Å². The molecule has 1 fully saturated rings. The highest BCUT2D eigenvalue weighted by atomic mass is 32.1. The largest absolute Gasteiger partial charge is 0.507 e. The van der Waals surface area contributed by atoms with Gasteiger partial charge in [-0.25, -0.2) is 4.39 Å². The van der Waals surface area contributed by atoms with Crippen molar-refractivity contribution in [1.82, 2.24) is 4.90 Å². The Labute approximate surface area is 202 Å². The molecule has 1 unspecified atom stereocenters. The van der Waals surface area contributed by atoms with E-state index in [9.17, 15) is 19.1 Å². The summed E-state index contributed by atoms with van der Waals surface area (Å²) in [5, 5.41) is 13.2. The van der Waals surface area contributed by atoms with Gasteiger partial charge >= 0.3 is 0 Å². The van der Waals surface area contributed by atoms with Crippen LogP contribution in [-0.4, -0.2) is 28.3 Å². The topological polar surface area (TPSA) is 66.8 Å². The molecule has 0 aliphatic carbocycles. The number of likely N-dealkylation sites (tertiary alicyclic amines) is 1. The average Bonchev–Trinajstić information content (AvgIpc) is 3.34. The fourth-order valence-electron chi connectivity index (χ4n) is 3.92. The van der Waals surface area contributed by atoms with Gasteiger partial charge in [-0.1, -0.05) is 38.1 Å². The Hall–Kier alpha value is -3.45. The summed E-state index contributed by atoms with van der Waals surface area (Å²) in [6, 6.07) is 13.9. The Balaban J connectivity index is 1.78. The maximum absolute atomic E-state index is 13.4. The number of halogens is 1. The molecule has 0 saturated carbocycles. The maximum atomic E-state index is 13.4. The van der Waals surface area contributed by atoms with Crippen LogP contribution in [-0.2, 0) is 16.1 Å². The number of rotatable bonds is 7. The number of benzene rings is 2. The second kappa shape index (κ2) is 9.81. The number of carbonyl (C=O) groups is 2. The van der Waals surface area contributed by atoms with Gasteiger partial charge in [0.1, 0.15) is 23.4 Å². The Kier molecular flexibility index (Phi) is 6.84. The summed E-state index contributed by atoms with van der Waals surface area (Å²) in [6.07, 6.45) is 0. The second-order valence-electron chi connectivity index (χ2n) is 8.75. The van der Waals surface area contributed by atoms with Crippen molar-refractivity contribution in [2.75, 3.05) is 6.61 Å². The first-order chi connectivity index (χ1) is 16.3. The SMILES string of the molecule is Cc1ccsc1C1/C(=C(/O)c2cccc(OCC(C)C)c2)C(=O)C(=O)N1Cc1ccc(F)cc1.